The molecule has 1 aliphatic rings. The first kappa shape index (κ1) is 32.9. The molecule has 1 heterocycles. The molecule has 1 aliphatic heterocycles. The quantitative estimate of drug-likeness (QED) is 0.295. The van der Waals surface area contributed by atoms with Crippen molar-refractivity contribution in [2.24, 2.45) is 0 Å². The number of carboxylic acid groups (broad SMARTS) is 1. The van der Waals surface area contributed by atoms with Crippen molar-refractivity contribution < 1.29 is 85.0 Å². The number of carboxylic acids is 1. The Morgan fingerprint density at radius 2 is 1.21 bits per heavy atom. The van der Waals surface area contributed by atoms with Crippen molar-refractivity contribution >= 4 is 5.97 Å². The van der Waals surface area contributed by atoms with E-state index in [9.17, 15) is 9.90 Å². The molecule has 3 rings (SSSR count). The van der Waals surface area contributed by atoms with E-state index in [0.29, 0.717) is 49.1 Å². The molecule has 0 aliphatic carbocycles. The Labute approximate surface area is 269 Å². The van der Waals surface area contributed by atoms with Crippen LogP contribution in [-0.4, -0.2) is 44.6 Å². The molecule has 0 saturated heterocycles. The molecule has 0 spiro atoms. The topological polar surface area (TPSA) is 86.3 Å². The number of ether oxygens (including phenoxy) is 5. The van der Waals surface area contributed by atoms with Crippen molar-refractivity contribution in [1.82, 2.24) is 0 Å². The van der Waals surface area contributed by atoms with E-state index in [-0.39, 0.29) is 64.6 Å². The minimum atomic E-state index is -1.28. The molecular formula is C30H41KO7. The number of carbonyl (C=O) groups excluding carboxylic acids is 1. The van der Waals surface area contributed by atoms with Gasteiger partial charge in [0.25, 0.3) is 0 Å². The van der Waals surface area contributed by atoms with Crippen LogP contribution >= 0.6 is 0 Å². The number of para-hydroxylation sites is 4. The number of aliphatic carboxylic acids is 1. The second-order valence-electron chi connectivity index (χ2n) is 9.59. The number of benzene rings is 2. The van der Waals surface area contributed by atoms with Gasteiger partial charge in [0.2, 0.25) is 0 Å². The van der Waals surface area contributed by atoms with Gasteiger partial charge in [0.05, 0.1) is 25.8 Å². The van der Waals surface area contributed by atoms with Crippen LogP contribution < -0.4 is 75.4 Å². The first-order chi connectivity index (χ1) is 18.1. The van der Waals surface area contributed by atoms with Crippen LogP contribution in [0.2, 0.25) is 0 Å². The number of hydrogen-bond acceptors (Lipinski definition) is 7. The van der Waals surface area contributed by atoms with Crippen LogP contribution in [0.1, 0.15) is 71.1 Å². The normalized spacial score (nSPS) is 15.1. The summed E-state index contributed by atoms with van der Waals surface area (Å²) in [6.45, 7) is 2.83. The summed E-state index contributed by atoms with van der Waals surface area (Å²) in [5.74, 6) is 1.14. The molecule has 0 unspecified atom stereocenters. The zero-order valence-electron chi connectivity index (χ0n) is 23.1. The Bertz CT molecular complexity index is 883. The Morgan fingerprint density at radius 1 is 0.763 bits per heavy atom. The molecule has 0 N–H and O–H groups in total. The van der Waals surface area contributed by atoms with Gasteiger partial charge in [-0.2, -0.15) is 0 Å². The van der Waals surface area contributed by atoms with Crippen LogP contribution in [-0.2, 0) is 9.53 Å². The molecule has 7 nitrogen and oxygen atoms in total. The minimum absolute atomic E-state index is 0. The Morgan fingerprint density at radius 3 is 1.68 bits per heavy atom. The zero-order chi connectivity index (χ0) is 26.2. The average molecular weight is 553 g/mol. The SMILES string of the molecule is CCCCCCCCCCC1(OCC(=O)[O-])COc2ccccc2OCCCOc2ccccc2OC1.[K+]. The van der Waals surface area contributed by atoms with Crippen LogP contribution in [0, 0.1) is 0 Å². The summed E-state index contributed by atoms with van der Waals surface area (Å²) >= 11 is 0. The van der Waals surface area contributed by atoms with E-state index in [4.69, 9.17) is 23.7 Å². The number of unbranched alkanes of at least 4 members (excludes halogenated alkanes) is 7. The summed E-state index contributed by atoms with van der Waals surface area (Å²) in [7, 11) is 0. The molecule has 2 aromatic carbocycles. The third-order valence-corrected chi connectivity index (χ3v) is 6.47. The van der Waals surface area contributed by atoms with Gasteiger partial charge in [0, 0.05) is 6.42 Å². The van der Waals surface area contributed by atoms with Crippen molar-refractivity contribution in [2.75, 3.05) is 33.0 Å². The van der Waals surface area contributed by atoms with Crippen LogP contribution in [0.3, 0.4) is 0 Å². The summed E-state index contributed by atoms with van der Waals surface area (Å²) in [6, 6.07) is 14.9. The zero-order valence-corrected chi connectivity index (χ0v) is 26.2. The number of carbonyl (C=O) groups is 1. The number of rotatable bonds is 12. The predicted octanol–water partition coefficient (Wildman–Crippen LogP) is 2.35. The van der Waals surface area contributed by atoms with E-state index in [0.717, 1.165) is 19.3 Å². The van der Waals surface area contributed by atoms with Crippen molar-refractivity contribution in [3.05, 3.63) is 48.5 Å². The van der Waals surface area contributed by atoms with E-state index >= 15 is 0 Å². The monoisotopic (exact) mass is 552 g/mol. The van der Waals surface area contributed by atoms with Crippen molar-refractivity contribution in [3.63, 3.8) is 0 Å². The van der Waals surface area contributed by atoms with Crippen molar-refractivity contribution in [1.29, 1.82) is 0 Å². The van der Waals surface area contributed by atoms with Gasteiger partial charge in [-0.05, 0) is 30.7 Å². The third-order valence-electron chi connectivity index (χ3n) is 6.47. The molecule has 0 atom stereocenters. The van der Waals surface area contributed by atoms with E-state index < -0.39 is 18.2 Å². The molecule has 0 amide bonds. The fourth-order valence-corrected chi connectivity index (χ4v) is 4.35. The molecule has 0 radical (unpaired) electrons. The maximum Gasteiger partial charge on any atom is 1.00 e. The van der Waals surface area contributed by atoms with E-state index in [1.165, 1.54) is 32.1 Å². The molecule has 0 aromatic heterocycles. The molecule has 204 valence electrons. The van der Waals surface area contributed by atoms with Crippen molar-refractivity contribution in [3.8, 4) is 23.0 Å². The second-order valence-corrected chi connectivity index (χ2v) is 9.59. The van der Waals surface area contributed by atoms with Gasteiger partial charge in [0.15, 0.2) is 23.0 Å². The summed E-state index contributed by atoms with van der Waals surface area (Å²) in [6.07, 6.45) is 10.6. The summed E-state index contributed by atoms with van der Waals surface area (Å²) in [4.78, 5) is 11.4. The van der Waals surface area contributed by atoms with Gasteiger partial charge in [-0.25, -0.2) is 0 Å². The molecule has 0 bridgehead atoms. The van der Waals surface area contributed by atoms with E-state index in [1.807, 2.05) is 48.5 Å². The van der Waals surface area contributed by atoms with Gasteiger partial charge >= 0.3 is 51.4 Å². The minimum Gasteiger partial charge on any atom is -0.548 e. The first-order valence-corrected chi connectivity index (χ1v) is 13.6. The maximum absolute atomic E-state index is 11.4. The summed E-state index contributed by atoms with van der Waals surface area (Å²) in [5.41, 5.74) is -0.993. The molecule has 8 heteroatoms. The Kier molecular flexibility index (Phi) is 16.4. The smallest absolute Gasteiger partial charge is 0.548 e. The van der Waals surface area contributed by atoms with Crippen molar-refractivity contribution in [2.45, 2.75) is 76.7 Å². The van der Waals surface area contributed by atoms with Gasteiger partial charge < -0.3 is 33.6 Å². The first-order valence-electron chi connectivity index (χ1n) is 13.6. The van der Waals surface area contributed by atoms with E-state index in [1.54, 1.807) is 0 Å². The Balaban J connectivity index is 0.00000507. The van der Waals surface area contributed by atoms with Crippen LogP contribution in [0.5, 0.6) is 23.0 Å². The third kappa shape index (κ3) is 11.8. The standard InChI is InChI=1S/C30H42O7.K/c1-2-3-4-5-6-7-8-13-19-30(37-22-29(31)32)23-35-27-17-11-9-15-25(27)33-20-14-21-34-26-16-10-12-18-28(26)36-24-30;/h9-12,15-18H,2-8,13-14,19-24H2,1H3,(H,31,32);/q;+1/p-1. The van der Waals surface area contributed by atoms with Gasteiger partial charge in [-0.1, -0.05) is 82.6 Å². The van der Waals surface area contributed by atoms with Gasteiger partial charge in [0.1, 0.15) is 18.8 Å². The number of fused-ring (bicyclic) bond motifs is 2. The summed E-state index contributed by atoms with van der Waals surface area (Å²) in [5, 5.41) is 11.4. The largest absolute Gasteiger partial charge is 1.00 e. The molecule has 38 heavy (non-hydrogen) atoms. The van der Waals surface area contributed by atoms with Crippen LogP contribution in [0.4, 0.5) is 0 Å². The summed E-state index contributed by atoms with van der Waals surface area (Å²) < 4.78 is 30.3. The number of hydrogen-bond donors (Lipinski definition) is 0. The van der Waals surface area contributed by atoms with Crippen LogP contribution in [0.15, 0.2) is 48.5 Å². The van der Waals surface area contributed by atoms with E-state index in [2.05, 4.69) is 6.92 Å². The average Bonchev–Trinajstić information content (AvgIpc) is 2.91. The van der Waals surface area contributed by atoms with Crippen LogP contribution in [0.25, 0.3) is 0 Å². The fraction of sp³-hybridized carbons (Fsp3) is 0.567. The molecule has 0 fully saturated rings. The second kappa shape index (κ2) is 18.9. The fourth-order valence-electron chi connectivity index (χ4n) is 4.35. The predicted molar refractivity (Wildman–Crippen MR) is 140 cm³/mol. The molecule has 0 saturated carbocycles. The van der Waals surface area contributed by atoms with Gasteiger partial charge in [-0.15, -0.1) is 0 Å². The molecule has 2 aromatic rings. The maximum atomic E-state index is 11.4. The molecular weight excluding hydrogens is 511 g/mol. The Hall–Kier alpha value is -1.29. The van der Waals surface area contributed by atoms with Gasteiger partial charge in [-0.3, -0.25) is 0 Å².